The number of fused-ring (bicyclic) bond motifs is 1. The molecule has 1 aliphatic carbocycles. The second-order valence-electron chi connectivity index (χ2n) is 9.65. The number of thiophene rings is 1. The van der Waals surface area contributed by atoms with Gasteiger partial charge in [-0.05, 0) is 86.5 Å². The van der Waals surface area contributed by atoms with Gasteiger partial charge in [0, 0.05) is 34.3 Å². The molecule has 1 fully saturated rings. The molecule has 3 atom stereocenters. The molecule has 1 heterocycles. The van der Waals surface area contributed by atoms with Crippen LogP contribution in [0.3, 0.4) is 0 Å². The van der Waals surface area contributed by atoms with Gasteiger partial charge < -0.3 is 18.9 Å². The zero-order valence-corrected chi connectivity index (χ0v) is 25.2. The number of hydrogen-bond acceptors (Lipinski definition) is 7. The first kappa shape index (κ1) is 29.3. The molecule has 0 radical (unpaired) electrons. The van der Waals surface area contributed by atoms with Gasteiger partial charge >= 0.3 is 0 Å². The van der Waals surface area contributed by atoms with Crippen LogP contribution in [0.1, 0.15) is 43.4 Å². The summed E-state index contributed by atoms with van der Waals surface area (Å²) in [5.41, 5.74) is 3.44. The van der Waals surface area contributed by atoms with Crippen molar-refractivity contribution in [3.05, 3.63) is 84.5 Å². The van der Waals surface area contributed by atoms with E-state index in [1.165, 1.54) is 19.9 Å². The van der Waals surface area contributed by atoms with Crippen LogP contribution in [0.4, 0.5) is 0 Å². The Bertz CT molecular complexity index is 1330. The minimum absolute atomic E-state index is 0.0869. The van der Waals surface area contributed by atoms with Gasteiger partial charge in [0.25, 0.3) is 0 Å². The number of allylic oxidation sites excluding steroid dienone is 2. The van der Waals surface area contributed by atoms with Crippen molar-refractivity contribution >= 4 is 33.4 Å². The highest BCUT2D eigenvalue weighted by molar-refractivity contribution is 7.99. The lowest BCUT2D eigenvalue weighted by molar-refractivity contribution is -0.0247. The van der Waals surface area contributed by atoms with Gasteiger partial charge in [0.2, 0.25) is 0 Å². The summed E-state index contributed by atoms with van der Waals surface area (Å²) in [7, 11) is 5.07. The van der Waals surface area contributed by atoms with Crippen molar-refractivity contribution in [2.75, 3.05) is 27.9 Å². The summed E-state index contributed by atoms with van der Waals surface area (Å²) >= 11 is 3.66. The van der Waals surface area contributed by atoms with Crippen molar-refractivity contribution in [3.63, 3.8) is 0 Å². The standard InChI is InChI=1S/C32H39NO4S2/c1-8-11-23(9-2)20-33(39-32-21(3)27-18-24(34-5)15-17-31(27)38-32)28-12-10-13-29(28)37-22(4)26-16-14-25(35-6)19-30(26)36-7/h8-9,11,14-19,22,28-29H,1-2,10,12-13,20H2,3-7H3/b23-11+/t22?,28-,29-/m0/s1. The van der Waals surface area contributed by atoms with Crippen LogP contribution < -0.4 is 14.2 Å². The molecule has 1 aromatic heterocycles. The number of ether oxygens (including phenoxy) is 4. The summed E-state index contributed by atoms with van der Waals surface area (Å²) in [6, 6.07) is 12.5. The normalized spacial score (nSPS) is 18.4. The fourth-order valence-electron chi connectivity index (χ4n) is 5.12. The lowest BCUT2D eigenvalue weighted by Crippen LogP contribution is -2.38. The number of nitrogens with zero attached hydrogens (tertiary/aromatic N) is 1. The van der Waals surface area contributed by atoms with Gasteiger partial charge in [-0.1, -0.05) is 31.4 Å². The molecule has 1 aliphatic rings. The maximum atomic E-state index is 6.78. The fraction of sp³-hybridized carbons (Fsp3) is 0.375. The number of rotatable bonds is 13. The molecule has 2 aromatic carbocycles. The van der Waals surface area contributed by atoms with E-state index in [4.69, 9.17) is 18.9 Å². The van der Waals surface area contributed by atoms with Crippen LogP contribution in [0.25, 0.3) is 10.1 Å². The molecule has 0 spiro atoms. The monoisotopic (exact) mass is 565 g/mol. The number of hydrogen-bond donors (Lipinski definition) is 0. The van der Waals surface area contributed by atoms with Crippen molar-refractivity contribution in [1.29, 1.82) is 0 Å². The molecule has 3 aromatic rings. The van der Waals surface area contributed by atoms with Gasteiger partial charge in [0.15, 0.2) is 0 Å². The number of methoxy groups -OCH3 is 3. The van der Waals surface area contributed by atoms with Crippen LogP contribution in [0, 0.1) is 6.92 Å². The van der Waals surface area contributed by atoms with Crippen LogP contribution in [0.5, 0.6) is 17.2 Å². The van der Waals surface area contributed by atoms with E-state index in [2.05, 4.69) is 43.4 Å². The molecule has 5 nitrogen and oxygen atoms in total. The number of benzene rings is 2. The Labute approximate surface area is 241 Å². The topological polar surface area (TPSA) is 40.2 Å². The van der Waals surface area contributed by atoms with E-state index in [9.17, 15) is 0 Å². The first-order chi connectivity index (χ1) is 18.9. The van der Waals surface area contributed by atoms with Crippen LogP contribution in [0.15, 0.2) is 77.6 Å². The van der Waals surface area contributed by atoms with Crippen molar-refractivity contribution in [1.82, 2.24) is 4.31 Å². The Kier molecular flexibility index (Phi) is 10.2. The Morgan fingerprint density at radius 1 is 1.08 bits per heavy atom. The van der Waals surface area contributed by atoms with Gasteiger partial charge in [0.1, 0.15) is 17.2 Å². The second kappa shape index (κ2) is 13.6. The van der Waals surface area contributed by atoms with Crippen LogP contribution in [-0.4, -0.2) is 44.3 Å². The molecule has 0 saturated heterocycles. The highest BCUT2D eigenvalue weighted by Gasteiger charge is 2.36. The first-order valence-electron chi connectivity index (χ1n) is 13.3. The summed E-state index contributed by atoms with van der Waals surface area (Å²) < 4.78 is 28.4. The molecule has 0 amide bonds. The van der Waals surface area contributed by atoms with E-state index in [1.54, 1.807) is 21.3 Å². The zero-order valence-electron chi connectivity index (χ0n) is 23.6. The predicted molar refractivity (Wildman–Crippen MR) is 165 cm³/mol. The summed E-state index contributed by atoms with van der Waals surface area (Å²) in [5.74, 6) is 2.43. The summed E-state index contributed by atoms with van der Waals surface area (Å²) in [5, 5.41) is 1.24. The van der Waals surface area contributed by atoms with E-state index in [0.717, 1.165) is 54.2 Å². The third-order valence-corrected chi connectivity index (χ3v) is 9.92. The highest BCUT2D eigenvalue weighted by Crippen LogP contribution is 2.44. The minimum Gasteiger partial charge on any atom is -0.497 e. The molecule has 1 unspecified atom stereocenters. The molecule has 208 valence electrons. The second-order valence-corrected chi connectivity index (χ2v) is 12.0. The average molecular weight is 566 g/mol. The molecule has 0 bridgehead atoms. The van der Waals surface area contributed by atoms with Gasteiger partial charge in [-0.3, -0.25) is 0 Å². The van der Waals surface area contributed by atoms with Crippen LogP contribution >= 0.6 is 23.3 Å². The minimum atomic E-state index is -0.121. The fourth-order valence-corrected chi connectivity index (χ4v) is 7.79. The summed E-state index contributed by atoms with van der Waals surface area (Å²) in [6.07, 6.45) is 8.97. The highest BCUT2D eigenvalue weighted by atomic mass is 32.2. The summed E-state index contributed by atoms with van der Waals surface area (Å²) in [6.45, 7) is 13.0. The maximum absolute atomic E-state index is 6.78. The van der Waals surface area contributed by atoms with Gasteiger partial charge in [0.05, 0.1) is 37.7 Å². The van der Waals surface area contributed by atoms with Gasteiger partial charge in [-0.2, -0.15) is 0 Å². The smallest absolute Gasteiger partial charge is 0.128 e. The lowest BCUT2D eigenvalue weighted by atomic mass is 10.1. The Balaban J connectivity index is 1.62. The molecule has 0 aliphatic heterocycles. The van der Waals surface area contributed by atoms with E-state index >= 15 is 0 Å². The molecular weight excluding hydrogens is 526 g/mol. The summed E-state index contributed by atoms with van der Waals surface area (Å²) in [4.78, 5) is 0. The van der Waals surface area contributed by atoms with Crippen LogP contribution in [-0.2, 0) is 4.74 Å². The van der Waals surface area contributed by atoms with Gasteiger partial charge in [-0.15, -0.1) is 11.3 Å². The van der Waals surface area contributed by atoms with E-state index < -0.39 is 0 Å². The van der Waals surface area contributed by atoms with E-state index in [1.807, 2.05) is 65.8 Å². The molecule has 0 N–H and O–H groups in total. The Morgan fingerprint density at radius 3 is 2.51 bits per heavy atom. The SMILES string of the molecule is C=C/C=C(\C=C)CN(Sc1sc2ccc(OC)cc2c1C)[C@H]1CCC[C@@H]1OC(C)c1ccc(OC)cc1OC. The van der Waals surface area contributed by atoms with Gasteiger partial charge in [-0.25, -0.2) is 4.31 Å². The lowest BCUT2D eigenvalue weighted by Gasteiger charge is -2.33. The Hall–Kier alpha value is -2.71. The van der Waals surface area contributed by atoms with Crippen molar-refractivity contribution in [2.24, 2.45) is 0 Å². The zero-order chi connectivity index (χ0) is 27.9. The van der Waals surface area contributed by atoms with Crippen molar-refractivity contribution in [3.8, 4) is 17.2 Å². The maximum Gasteiger partial charge on any atom is 0.128 e. The predicted octanol–water partition coefficient (Wildman–Crippen LogP) is 8.54. The van der Waals surface area contributed by atoms with Crippen LogP contribution in [0.2, 0.25) is 0 Å². The molecule has 7 heteroatoms. The van der Waals surface area contributed by atoms with Crippen molar-refractivity contribution in [2.45, 2.75) is 55.6 Å². The quantitative estimate of drug-likeness (QED) is 0.153. The number of aryl methyl sites for hydroxylation is 1. The third kappa shape index (κ3) is 6.72. The Morgan fingerprint density at radius 2 is 1.82 bits per heavy atom. The average Bonchev–Trinajstić information content (AvgIpc) is 3.55. The molecule has 39 heavy (non-hydrogen) atoms. The van der Waals surface area contributed by atoms with E-state index in [0.29, 0.717) is 0 Å². The van der Waals surface area contributed by atoms with Crippen molar-refractivity contribution < 1.29 is 18.9 Å². The van der Waals surface area contributed by atoms with E-state index in [-0.39, 0.29) is 18.2 Å². The largest absolute Gasteiger partial charge is 0.497 e. The third-order valence-electron chi connectivity index (χ3n) is 7.28. The molecular formula is C32H39NO4S2. The molecule has 1 saturated carbocycles. The molecule has 4 rings (SSSR count). The first-order valence-corrected chi connectivity index (χ1v) is 14.8.